The second-order valence-corrected chi connectivity index (χ2v) is 6.67. The van der Waals surface area contributed by atoms with Crippen molar-refractivity contribution in [2.75, 3.05) is 16.5 Å². The summed E-state index contributed by atoms with van der Waals surface area (Å²) in [6.45, 7) is 1.79. The van der Waals surface area contributed by atoms with Crippen LogP contribution in [0.25, 0.3) is 6.08 Å². The monoisotopic (exact) mass is 519 g/mol. The fourth-order valence-corrected chi connectivity index (χ4v) is 2.67. The van der Waals surface area contributed by atoms with E-state index in [4.69, 9.17) is 0 Å². The molecule has 0 aliphatic rings. The van der Waals surface area contributed by atoms with Crippen LogP contribution in [0.2, 0.25) is 0 Å². The number of nitrogens with zero attached hydrogens (tertiary/aromatic N) is 1. The average Bonchev–Trinajstić information content (AvgIpc) is 2.81. The van der Waals surface area contributed by atoms with Gasteiger partial charge in [-0.15, -0.1) is 0 Å². The smallest absolute Gasteiger partial charge is 0.322 e. The van der Waals surface area contributed by atoms with E-state index in [0.717, 1.165) is 35.4 Å². The minimum absolute atomic E-state index is 0.0820. The van der Waals surface area contributed by atoms with Crippen LogP contribution in [-0.4, -0.2) is 22.6 Å². The third-order valence-electron chi connectivity index (χ3n) is 4.34. The van der Waals surface area contributed by atoms with Crippen LogP contribution in [0.4, 0.5) is 24.5 Å². The molecule has 0 fully saturated rings. The fraction of sp³-hybridized carbons (Fsp3) is 0.125. The highest BCUT2D eigenvalue weighted by Crippen LogP contribution is 2.29. The van der Waals surface area contributed by atoms with E-state index in [0.29, 0.717) is 11.4 Å². The van der Waals surface area contributed by atoms with Crippen molar-refractivity contribution in [3.05, 3.63) is 95.3 Å². The van der Waals surface area contributed by atoms with Gasteiger partial charge in [-0.05, 0) is 72.4 Å². The van der Waals surface area contributed by atoms with Crippen molar-refractivity contribution in [1.82, 2.24) is 4.98 Å². The lowest BCUT2D eigenvalue weighted by atomic mass is 10.1. The van der Waals surface area contributed by atoms with Gasteiger partial charge in [0.25, 0.3) is 5.91 Å². The zero-order valence-corrected chi connectivity index (χ0v) is 19.4. The highest BCUT2D eigenvalue weighted by atomic mass is 79.9. The van der Waals surface area contributed by atoms with Crippen LogP contribution >= 0.6 is 15.9 Å². The van der Waals surface area contributed by atoms with E-state index in [-0.39, 0.29) is 11.5 Å². The molecule has 2 amide bonds. The van der Waals surface area contributed by atoms with Gasteiger partial charge in [-0.25, -0.2) is 0 Å². The van der Waals surface area contributed by atoms with Gasteiger partial charge in [0.15, 0.2) is 0 Å². The number of nitrogens with one attached hydrogen (secondary N) is 2. The Balaban J connectivity index is 0.00000187. The van der Waals surface area contributed by atoms with Crippen LogP contribution in [0.15, 0.2) is 73.1 Å². The Morgan fingerprint density at radius 1 is 1.00 bits per heavy atom. The summed E-state index contributed by atoms with van der Waals surface area (Å²) in [5, 5.41) is 5.35. The van der Waals surface area contributed by atoms with Crippen LogP contribution in [0.3, 0.4) is 0 Å². The van der Waals surface area contributed by atoms with Gasteiger partial charge in [-0.1, -0.05) is 28.1 Å². The number of aryl methyl sites for hydroxylation is 1. The lowest BCUT2D eigenvalue weighted by Gasteiger charge is -2.11. The summed E-state index contributed by atoms with van der Waals surface area (Å²) < 4.78 is 38.0. The molecule has 0 saturated heterocycles. The van der Waals surface area contributed by atoms with Gasteiger partial charge < -0.3 is 10.6 Å². The molecule has 2 N–H and O–H groups in total. The molecule has 2 aromatic carbocycles. The van der Waals surface area contributed by atoms with Crippen molar-refractivity contribution in [2.45, 2.75) is 13.1 Å². The molecule has 33 heavy (non-hydrogen) atoms. The van der Waals surface area contributed by atoms with E-state index in [2.05, 4.69) is 31.5 Å². The topological polar surface area (TPSA) is 71.1 Å². The largest absolute Gasteiger partial charge is 0.416 e. The zero-order valence-electron chi connectivity index (χ0n) is 17.8. The number of hydrogen-bond acceptors (Lipinski definition) is 3. The van der Waals surface area contributed by atoms with Crippen molar-refractivity contribution >= 4 is 45.2 Å². The predicted octanol–water partition coefficient (Wildman–Crippen LogP) is 6.32. The van der Waals surface area contributed by atoms with Crippen LogP contribution in [0.1, 0.15) is 27.0 Å². The average molecular weight is 520 g/mol. The Hall–Kier alpha value is -3.46. The van der Waals surface area contributed by atoms with Gasteiger partial charge >= 0.3 is 6.18 Å². The number of anilines is 2. The predicted molar refractivity (Wildman–Crippen MR) is 127 cm³/mol. The second kappa shape index (κ2) is 12.0. The van der Waals surface area contributed by atoms with Crippen molar-refractivity contribution in [2.24, 2.45) is 0 Å². The summed E-state index contributed by atoms with van der Waals surface area (Å²) in [6.07, 6.45) is 1.76. The highest BCUT2D eigenvalue weighted by molar-refractivity contribution is 9.08. The molecule has 0 bridgehead atoms. The summed E-state index contributed by atoms with van der Waals surface area (Å²) in [6, 6.07) is 12.4. The molecule has 3 aromatic rings. The van der Waals surface area contributed by atoms with Gasteiger partial charge in [-0.2, -0.15) is 13.2 Å². The molecular weight excluding hydrogens is 499 g/mol. The van der Waals surface area contributed by atoms with E-state index >= 15 is 0 Å². The number of alkyl halides is 4. The molecule has 0 spiro atoms. The molecule has 3 rings (SSSR count). The van der Waals surface area contributed by atoms with Gasteiger partial charge in [-0.3, -0.25) is 14.6 Å². The summed E-state index contributed by atoms with van der Waals surface area (Å²) in [4.78, 5) is 28.5. The summed E-state index contributed by atoms with van der Waals surface area (Å²) in [7, 11) is 0. The lowest BCUT2D eigenvalue weighted by molar-refractivity contribution is -0.137. The number of aromatic nitrogens is 1. The number of benzene rings is 2. The Bertz CT molecular complexity index is 1120. The minimum atomic E-state index is -4.47. The Morgan fingerprint density at radius 2 is 1.70 bits per heavy atom. The van der Waals surface area contributed by atoms with Crippen LogP contribution < -0.4 is 10.6 Å². The third-order valence-corrected chi connectivity index (χ3v) is 4.34. The first-order valence-corrected chi connectivity index (χ1v) is 11.2. The lowest BCUT2D eigenvalue weighted by Crippen LogP contribution is -2.14. The number of halogens is 4. The first kappa shape index (κ1) is 25.8. The fourth-order valence-electron chi connectivity index (χ4n) is 2.67. The van der Waals surface area contributed by atoms with E-state index in [1.807, 2.05) is 5.83 Å². The molecule has 0 atom stereocenters. The van der Waals surface area contributed by atoms with Crippen molar-refractivity contribution in [3.63, 3.8) is 0 Å². The van der Waals surface area contributed by atoms with Crippen molar-refractivity contribution in [1.29, 1.82) is 0 Å². The normalized spacial score (nSPS) is 10.8. The van der Waals surface area contributed by atoms with Crippen LogP contribution in [0, 0.1) is 6.92 Å². The quantitative estimate of drug-likeness (QED) is 0.306. The second-order valence-electron chi connectivity index (χ2n) is 6.67. The molecule has 1 aromatic heterocycles. The molecule has 172 valence electrons. The van der Waals surface area contributed by atoms with E-state index < -0.39 is 17.6 Å². The number of carbonyl (C=O) groups is 2. The van der Waals surface area contributed by atoms with E-state index in [1.54, 1.807) is 55.7 Å². The van der Waals surface area contributed by atoms with Crippen molar-refractivity contribution < 1.29 is 22.8 Å². The van der Waals surface area contributed by atoms with Gasteiger partial charge in [0.05, 0.1) is 5.56 Å². The van der Waals surface area contributed by atoms with Gasteiger partial charge in [0.2, 0.25) is 5.91 Å². The zero-order chi connectivity index (χ0) is 24.4. The number of carbonyl (C=O) groups excluding carboxylic acids is 2. The third kappa shape index (κ3) is 7.87. The molecule has 5 nitrogen and oxygen atoms in total. The molecule has 0 unspecified atom stereocenters. The number of hydrogen-bond donors (Lipinski definition) is 2. The Kier molecular flexibility index (Phi) is 9.35. The molecule has 0 aliphatic carbocycles. The SMILES string of the molecule is CBr.Cc1ccc(NC(=O)c2ccc(C(F)(F)F)cc2)cc1NC(=O)C=Cc1cccnc1. The molecule has 9 heteroatoms. The maximum absolute atomic E-state index is 12.7. The first-order chi connectivity index (χ1) is 15.7. The maximum atomic E-state index is 12.7. The molecule has 0 saturated carbocycles. The first-order valence-electron chi connectivity index (χ1n) is 9.58. The standard InChI is InChI=1S/C23H18F3N3O2.CH3Br/c1-15-4-10-19(28-22(31)17-6-8-18(9-7-17)23(24,25)26)13-20(15)29-21(30)11-5-16-3-2-12-27-14-16;1-2/h2-14H,1H3,(H,28,31)(H,29,30);1H3. The van der Waals surface area contributed by atoms with Gasteiger partial charge in [0.1, 0.15) is 0 Å². The Morgan fingerprint density at radius 3 is 2.30 bits per heavy atom. The molecule has 0 aliphatic heterocycles. The molecule has 1 heterocycles. The number of amides is 2. The molecular formula is C24H21BrF3N3O2. The summed E-state index contributed by atoms with van der Waals surface area (Å²) in [5.74, 6) is 0.886. The van der Waals surface area contributed by atoms with Crippen LogP contribution in [-0.2, 0) is 11.0 Å². The van der Waals surface area contributed by atoms with E-state index in [1.165, 1.54) is 6.08 Å². The maximum Gasteiger partial charge on any atom is 0.416 e. The van der Waals surface area contributed by atoms with Gasteiger partial charge in [0, 0.05) is 35.4 Å². The van der Waals surface area contributed by atoms with Crippen molar-refractivity contribution in [3.8, 4) is 0 Å². The van der Waals surface area contributed by atoms with E-state index in [9.17, 15) is 22.8 Å². The number of rotatable bonds is 5. The molecule has 0 radical (unpaired) electrons. The minimum Gasteiger partial charge on any atom is -0.322 e. The Labute approximate surface area is 197 Å². The highest BCUT2D eigenvalue weighted by Gasteiger charge is 2.30. The summed E-state index contributed by atoms with van der Waals surface area (Å²) >= 11 is 2.94. The van der Waals surface area contributed by atoms with Crippen LogP contribution in [0.5, 0.6) is 0 Å². The summed E-state index contributed by atoms with van der Waals surface area (Å²) in [5.41, 5.74) is 1.68. The number of pyridine rings is 1.